The third-order valence-electron chi connectivity index (χ3n) is 3.44. The third kappa shape index (κ3) is 3.04. The zero-order valence-corrected chi connectivity index (χ0v) is 10.6. The monoisotopic (exact) mass is 239 g/mol. The molecule has 0 aliphatic carbocycles. The van der Waals surface area contributed by atoms with Crippen molar-refractivity contribution in [1.29, 1.82) is 0 Å². The predicted octanol–water partition coefficient (Wildman–Crippen LogP) is 1.50. The predicted molar refractivity (Wildman–Crippen MR) is 63.4 cm³/mol. The highest BCUT2D eigenvalue weighted by molar-refractivity contribution is 4.89. The Bertz CT molecular complexity index is 353. The molecular formula is C12H21N3O2. The molecule has 1 aromatic rings. The van der Waals surface area contributed by atoms with Crippen LogP contribution in [0.4, 0.5) is 0 Å². The highest BCUT2D eigenvalue weighted by Gasteiger charge is 2.28. The molecule has 5 heteroatoms. The Hall–Kier alpha value is -0.940. The molecule has 2 rings (SSSR count). The number of hydrogen-bond acceptors (Lipinski definition) is 5. The van der Waals surface area contributed by atoms with Gasteiger partial charge in [-0.25, -0.2) is 0 Å². The number of aromatic nitrogens is 2. The molecule has 96 valence electrons. The Morgan fingerprint density at radius 2 is 2.35 bits per heavy atom. The van der Waals surface area contributed by atoms with Crippen LogP contribution in [0.2, 0.25) is 0 Å². The van der Waals surface area contributed by atoms with Gasteiger partial charge in [-0.05, 0) is 25.8 Å². The molecule has 1 aliphatic rings. The highest BCUT2D eigenvalue weighted by atomic mass is 16.5. The van der Waals surface area contributed by atoms with Crippen molar-refractivity contribution in [1.82, 2.24) is 15.0 Å². The molecule has 0 bridgehead atoms. The number of piperidine rings is 1. The first-order chi connectivity index (χ1) is 8.20. The Kier molecular flexibility index (Phi) is 4.12. The van der Waals surface area contributed by atoms with Gasteiger partial charge in [-0.2, -0.15) is 4.98 Å². The van der Waals surface area contributed by atoms with Crippen LogP contribution in [-0.4, -0.2) is 38.8 Å². The molecule has 1 aromatic heterocycles. The lowest BCUT2D eigenvalue weighted by molar-refractivity contribution is 0.0179. The van der Waals surface area contributed by atoms with Crippen LogP contribution in [0.1, 0.15) is 44.3 Å². The van der Waals surface area contributed by atoms with E-state index in [4.69, 9.17) is 4.52 Å². The van der Waals surface area contributed by atoms with Gasteiger partial charge >= 0.3 is 0 Å². The second-order valence-corrected chi connectivity index (χ2v) is 4.74. The minimum absolute atomic E-state index is 0.243. The lowest BCUT2D eigenvalue weighted by atomic mass is 9.96. The molecule has 0 amide bonds. The standard InChI is InChI=1S/C12H21N3O2/c1-3-11(16)10-6-4-5-7-15(10)8-12-13-9(2)17-14-12/h10-11,16H,3-8H2,1-2H3. The van der Waals surface area contributed by atoms with E-state index in [0.717, 1.165) is 25.2 Å². The van der Waals surface area contributed by atoms with E-state index < -0.39 is 0 Å². The number of hydrogen-bond donors (Lipinski definition) is 1. The van der Waals surface area contributed by atoms with E-state index in [1.165, 1.54) is 12.8 Å². The number of rotatable bonds is 4. The van der Waals surface area contributed by atoms with Crippen LogP contribution in [0, 0.1) is 6.92 Å². The van der Waals surface area contributed by atoms with Gasteiger partial charge in [-0.15, -0.1) is 0 Å². The van der Waals surface area contributed by atoms with Gasteiger partial charge in [0, 0.05) is 13.0 Å². The van der Waals surface area contributed by atoms with Crippen LogP contribution < -0.4 is 0 Å². The van der Waals surface area contributed by atoms with E-state index in [2.05, 4.69) is 15.0 Å². The first-order valence-electron chi connectivity index (χ1n) is 6.42. The van der Waals surface area contributed by atoms with E-state index in [9.17, 15) is 5.11 Å². The molecular weight excluding hydrogens is 218 g/mol. The zero-order chi connectivity index (χ0) is 12.3. The number of likely N-dealkylation sites (tertiary alicyclic amines) is 1. The molecule has 1 aliphatic heterocycles. The summed E-state index contributed by atoms with van der Waals surface area (Å²) in [4.78, 5) is 6.50. The van der Waals surface area contributed by atoms with Gasteiger partial charge in [0.05, 0.1) is 12.6 Å². The van der Waals surface area contributed by atoms with Crippen LogP contribution in [0.15, 0.2) is 4.52 Å². The largest absolute Gasteiger partial charge is 0.392 e. The minimum Gasteiger partial charge on any atom is -0.392 e. The number of aliphatic hydroxyl groups excluding tert-OH is 1. The molecule has 0 aromatic carbocycles. The van der Waals surface area contributed by atoms with E-state index in [1.54, 1.807) is 6.92 Å². The van der Waals surface area contributed by atoms with Crippen LogP contribution in [-0.2, 0) is 6.54 Å². The maximum atomic E-state index is 10.0. The summed E-state index contributed by atoms with van der Waals surface area (Å²) < 4.78 is 4.98. The summed E-state index contributed by atoms with van der Waals surface area (Å²) in [6.07, 6.45) is 3.99. The number of aryl methyl sites for hydroxylation is 1. The van der Waals surface area contributed by atoms with Crippen LogP contribution in [0.5, 0.6) is 0 Å². The SMILES string of the molecule is CCC(O)C1CCCCN1Cc1noc(C)n1. The molecule has 1 saturated heterocycles. The van der Waals surface area contributed by atoms with Gasteiger partial charge in [0.1, 0.15) is 0 Å². The van der Waals surface area contributed by atoms with Gasteiger partial charge in [-0.1, -0.05) is 18.5 Å². The van der Waals surface area contributed by atoms with Crippen molar-refractivity contribution in [2.75, 3.05) is 6.54 Å². The third-order valence-corrected chi connectivity index (χ3v) is 3.44. The van der Waals surface area contributed by atoms with Crippen molar-refractivity contribution in [3.8, 4) is 0 Å². The molecule has 1 N–H and O–H groups in total. The van der Waals surface area contributed by atoms with Crippen molar-refractivity contribution >= 4 is 0 Å². The van der Waals surface area contributed by atoms with Crippen LogP contribution in [0.25, 0.3) is 0 Å². The summed E-state index contributed by atoms with van der Waals surface area (Å²) >= 11 is 0. The average molecular weight is 239 g/mol. The molecule has 0 radical (unpaired) electrons. The topological polar surface area (TPSA) is 62.4 Å². The van der Waals surface area contributed by atoms with E-state index in [1.807, 2.05) is 6.92 Å². The summed E-state index contributed by atoms with van der Waals surface area (Å²) in [6.45, 7) is 5.51. The molecule has 5 nitrogen and oxygen atoms in total. The van der Waals surface area contributed by atoms with Crippen molar-refractivity contribution in [2.24, 2.45) is 0 Å². The second-order valence-electron chi connectivity index (χ2n) is 4.74. The summed E-state index contributed by atoms with van der Waals surface area (Å²) in [5, 5.41) is 14.0. The first kappa shape index (κ1) is 12.5. The molecule has 0 saturated carbocycles. The van der Waals surface area contributed by atoms with Gasteiger partial charge in [-0.3, -0.25) is 4.90 Å². The Morgan fingerprint density at radius 3 is 3.00 bits per heavy atom. The van der Waals surface area contributed by atoms with Crippen molar-refractivity contribution in [3.05, 3.63) is 11.7 Å². The number of aliphatic hydroxyl groups is 1. The molecule has 2 heterocycles. The van der Waals surface area contributed by atoms with E-state index >= 15 is 0 Å². The fourth-order valence-electron chi connectivity index (χ4n) is 2.51. The Labute approximate surface area is 102 Å². The summed E-state index contributed by atoms with van der Waals surface area (Å²) in [5.74, 6) is 1.32. The van der Waals surface area contributed by atoms with Gasteiger partial charge in [0.25, 0.3) is 0 Å². The lowest BCUT2D eigenvalue weighted by Gasteiger charge is -2.37. The van der Waals surface area contributed by atoms with Crippen molar-refractivity contribution < 1.29 is 9.63 Å². The smallest absolute Gasteiger partial charge is 0.223 e. The van der Waals surface area contributed by atoms with Crippen molar-refractivity contribution in [2.45, 2.75) is 58.2 Å². The normalized spacial score (nSPS) is 23.8. The Balaban J connectivity index is 2.01. The fraction of sp³-hybridized carbons (Fsp3) is 0.833. The van der Waals surface area contributed by atoms with E-state index in [-0.39, 0.29) is 12.1 Å². The quantitative estimate of drug-likeness (QED) is 0.862. The lowest BCUT2D eigenvalue weighted by Crippen LogP contribution is -2.46. The minimum atomic E-state index is -0.247. The maximum absolute atomic E-state index is 10.0. The molecule has 17 heavy (non-hydrogen) atoms. The number of nitrogens with zero attached hydrogens (tertiary/aromatic N) is 3. The van der Waals surface area contributed by atoms with Gasteiger partial charge in [0.15, 0.2) is 5.82 Å². The summed E-state index contributed by atoms with van der Waals surface area (Å²) in [6, 6.07) is 0.243. The zero-order valence-electron chi connectivity index (χ0n) is 10.6. The summed E-state index contributed by atoms with van der Waals surface area (Å²) in [5.41, 5.74) is 0. The van der Waals surface area contributed by atoms with Crippen molar-refractivity contribution in [3.63, 3.8) is 0 Å². The maximum Gasteiger partial charge on any atom is 0.223 e. The highest BCUT2D eigenvalue weighted by Crippen LogP contribution is 2.22. The van der Waals surface area contributed by atoms with Gasteiger partial charge in [0.2, 0.25) is 5.89 Å². The van der Waals surface area contributed by atoms with Gasteiger partial charge < -0.3 is 9.63 Å². The van der Waals surface area contributed by atoms with Crippen LogP contribution in [0.3, 0.4) is 0 Å². The fourth-order valence-corrected chi connectivity index (χ4v) is 2.51. The summed E-state index contributed by atoms with van der Waals surface area (Å²) in [7, 11) is 0. The second kappa shape index (κ2) is 5.60. The molecule has 1 fully saturated rings. The van der Waals surface area contributed by atoms with E-state index in [0.29, 0.717) is 12.4 Å². The molecule has 2 atom stereocenters. The first-order valence-corrected chi connectivity index (χ1v) is 6.42. The Morgan fingerprint density at radius 1 is 1.53 bits per heavy atom. The average Bonchev–Trinajstić information content (AvgIpc) is 2.74. The molecule has 2 unspecified atom stereocenters. The van der Waals surface area contributed by atoms with Crippen LogP contribution >= 0.6 is 0 Å². The molecule has 0 spiro atoms.